The molecule has 7 heteroatoms. The van der Waals surface area contributed by atoms with Gasteiger partial charge >= 0.3 is 0 Å². The maximum absolute atomic E-state index is 12.3. The van der Waals surface area contributed by atoms with Crippen LogP contribution in [0.2, 0.25) is 5.02 Å². The Morgan fingerprint density at radius 1 is 1.03 bits per heavy atom. The topological polar surface area (TPSA) is 77.2 Å². The van der Waals surface area contributed by atoms with Crippen LogP contribution in [0.5, 0.6) is 11.6 Å². The van der Waals surface area contributed by atoms with Gasteiger partial charge in [-0.15, -0.1) is 0 Å². The number of anilines is 1. The molecular formula is C22H16ClN3O3. The Morgan fingerprint density at radius 3 is 2.55 bits per heavy atom. The van der Waals surface area contributed by atoms with E-state index < -0.39 is 0 Å². The number of ether oxygens (including phenoxy) is 1. The van der Waals surface area contributed by atoms with Gasteiger partial charge in [0.05, 0.1) is 24.0 Å². The van der Waals surface area contributed by atoms with Crippen molar-refractivity contribution in [1.29, 1.82) is 0 Å². The lowest BCUT2D eigenvalue weighted by molar-refractivity contribution is -0.115. The third-order valence-corrected chi connectivity index (χ3v) is 4.22. The van der Waals surface area contributed by atoms with Crippen molar-refractivity contribution in [3.05, 3.63) is 89.9 Å². The van der Waals surface area contributed by atoms with Gasteiger partial charge in [-0.2, -0.15) is 0 Å². The van der Waals surface area contributed by atoms with Gasteiger partial charge in [0.2, 0.25) is 17.7 Å². The quantitative estimate of drug-likeness (QED) is 0.467. The monoisotopic (exact) mass is 405 g/mol. The van der Waals surface area contributed by atoms with E-state index in [1.165, 1.54) is 12.5 Å². The van der Waals surface area contributed by atoms with Crippen LogP contribution in [0.25, 0.3) is 11.5 Å². The lowest BCUT2D eigenvalue weighted by Gasteiger charge is -2.07. The van der Waals surface area contributed by atoms with E-state index in [-0.39, 0.29) is 12.3 Å². The lowest BCUT2D eigenvalue weighted by atomic mass is 10.2. The zero-order valence-electron chi connectivity index (χ0n) is 15.2. The summed E-state index contributed by atoms with van der Waals surface area (Å²) in [7, 11) is 0. The van der Waals surface area contributed by atoms with Crippen LogP contribution in [0.15, 0.2) is 83.6 Å². The molecule has 144 valence electrons. The summed E-state index contributed by atoms with van der Waals surface area (Å²) in [5.74, 6) is 1.30. The van der Waals surface area contributed by atoms with Crippen molar-refractivity contribution in [2.45, 2.75) is 6.42 Å². The van der Waals surface area contributed by atoms with Crippen LogP contribution < -0.4 is 10.1 Å². The fourth-order valence-corrected chi connectivity index (χ4v) is 2.74. The molecule has 6 nitrogen and oxygen atoms in total. The number of nitrogens with zero attached hydrogens (tertiary/aromatic N) is 2. The van der Waals surface area contributed by atoms with E-state index in [0.717, 1.165) is 5.56 Å². The highest BCUT2D eigenvalue weighted by Crippen LogP contribution is 2.22. The molecule has 1 N–H and O–H groups in total. The van der Waals surface area contributed by atoms with Crippen molar-refractivity contribution in [3.8, 4) is 23.1 Å². The van der Waals surface area contributed by atoms with E-state index >= 15 is 0 Å². The first-order valence-electron chi connectivity index (χ1n) is 8.85. The number of rotatable bonds is 6. The molecule has 2 aromatic heterocycles. The van der Waals surface area contributed by atoms with Crippen LogP contribution in [0.1, 0.15) is 5.69 Å². The third kappa shape index (κ3) is 5.00. The molecule has 29 heavy (non-hydrogen) atoms. The fraction of sp³-hybridized carbons (Fsp3) is 0.0455. The Hall–Kier alpha value is -3.64. The number of nitrogens with one attached hydrogen (secondary N) is 1. The van der Waals surface area contributed by atoms with Crippen molar-refractivity contribution in [2.24, 2.45) is 0 Å². The molecule has 0 unspecified atom stereocenters. The number of carbonyl (C=O) groups is 1. The van der Waals surface area contributed by atoms with E-state index in [2.05, 4.69) is 15.3 Å². The standard InChI is InChI=1S/C22H16ClN3O3/c23-16-6-9-19(10-7-16)29-21-11-8-17(13-24-21)25-20(27)12-18-14-28-22(26-18)15-4-2-1-3-5-15/h1-11,13-14H,12H2,(H,25,27). The molecule has 0 radical (unpaired) electrons. The molecule has 2 aromatic carbocycles. The van der Waals surface area contributed by atoms with Crippen LogP contribution in [0, 0.1) is 0 Å². The smallest absolute Gasteiger partial charge is 0.230 e. The second-order valence-corrected chi connectivity index (χ2v) is 6.61. The molecule has 0 saturated carbocycles. The predicted molar refractivity (Wildman–Crippen MR) is 110 cm³/mol. The van der Waals surface area contributed by atoms with Crippen LogP contribution >= 0.6 is 11.6 Å². The van der Waals surface area contributed by atoms with Gasteiger partial charge in [0.1, 0.15) is 12.0 Å². The SMILES string of the molecule is O=C(Cc1coc(-c2ccccc2)n1)Nc1ccc(Oc2ccc(Cl)cc2)nc1. The van der Waals surface area contributed by atoms with Gasteiger partial charge in [0, 0.05) is 16.7 Å². The number of hydrogen-bond donors (Lipinski definition) is 1. The average Bonchev–Trinajstić information content (AvgIpc) is 3.20. The summed E-state index contributed by atoms with van der Waals surface area (Å²) in [6, 6.07) is 19.9. The van der Waals surface area contributed by atoms with Crippen molar-refractivity contribution >= 4 is 23.2 Å². The number of halogens is 1. The van der Waals surface area contributed by atoms with E-state index in [0.29, 0.717) is 33.9 Å². The third-order valence-electron chi connectivity index (χ3n) is 3.97. The number of carbonyl (C=O) groups excluding carboxylic acids is 1. The van der Waals surface area contributed by atoms with E-state index in [9.17, 15) is 4.79 Å². The molecule has 0 saturated heterocycles. The first kappa shape index (κ1) is 18.7. The average molecular weight is 406 g/mol. The molecule has 0 bridgehead atoms. The van der Waals surface area contributed by atoms with Crippen LogP contribution in [0.3, 0.4) is 0 Å². The van der Waals surface area contributed by atoms with Gasteiger partial charge < -0.3 is 14.5 Å². The molecule has 0 aliphatic heterocycles. The van der Waals surface area contributed by atoms with Crippen molar-refractivity contribution in [1.82, 2.24) is 9.97 Å². The summed E-state index contributed by atoms with van der Waals surface area (Å²) in [6.07, 6.45) is 3.12. The molecule has 0 spiro atoms. The van der Waals surface area contributed by atoms with Crippen LogP contribution in [-0.2, 0) is 11.2 Å². The fourth-order valence-electron chi connectivity index (χ4n) is 2.61. The Balaban J connectivity index is 1.34. The van der Waals surface area contributed by atoms with Crippen molar-refractivity contribution < 1.29 is 13.9 Å². The van der Waals surface area contributed by atoms with Gasteiger partial charge in [-0.25, -0.2) is 9.97 Å². The predicted octanol–water partition coefficient (Wildman–Crippen LogP) is 5.36. The second-order valence-electron chi connectivity index (χ2n) is 6.18. The molecule has 0 atom stereocenters. The summed E-state index contributed by atoms with van der Waals surface area (Å²) in [5.41, 5.74) is 1.97. The minimum absolute atomic E-state index is 0.0966. The number of oxazole rings is 1. The Labute approximate surface area is 172 Å². The molecule has 0 aliphatic rings. The highest BCUT2D eigenvalue weighted by atomic mass is 35.5. The minimum Gasteiger partial charge on any atom is -0.444 e. The largest absolute Gasteiger partial charge is 0.444 e. The number of aromatic nitrogens is 2. The number of pyridine rings is 1. The van der Waals surface area contributed by atoms with E-state index in [4.69, 9.17) is 20.8 Å². The molecular weight excluding hydrogens is 390 g/mol. The first-order chi connectivity index (χ1) is 14.2. The maximum Gasteiger partial charge on any atom is 0.230 e. The zero-order chi connectivity index (χ0) is 20.1. The molecule has 2 heterocycles. The van der Waals surface area contributed by atoms with Gasteiger partial charge in [-0.3, -0.25) is 4.79 Å². The summed E-state index contributed by atoms with van der Waals surface area (Å²) in [4.78, 5) is 20.8. The molecule has 0 aliphatic carbocycles. The maximum atomic E-state index is 12.3. The lowest BCUT2D eigenvalue weighted by Crippen LogP contribution is -2.14. The van der Waals surface area contributed by atoms with Gasteiger partial charge in [0.15, 0.2) is 0 Å². The van der Waals surface area contributed by atoms with Crippen LogP contribution in [-0.4, -0.2) is 15.9 Å². The van der Waals surface area contributed by atoms with Gasteiger partial charge in [-0.05, 0) is 42.5 Å². The van der Waals surface area contributed by atoms with Crippen molar-refractivity contribution in [2.75, 3.05) is 5.32 Å². The number of amides is 1. The van der Waals surface area contributed by atoms with Crippen LogP contribution in [0.4, 0.5) is 5.69 Å². The molecule has 4 rings (SSSR count). The Bertz CT molecular complexity index is 1090. The highest BCUT2D eigenvalue weighted by molar-refractivity contribution is 6.30. The minimum atomic E-state index is -0.217. The summed E-state index contributed by atoms with van der Waals surface area (Å²) >= 11 is 5.85. The molecule has 1 amide bonds. The highest BCUT2D eigenvalue weighted by Gasteiger charge is 2.11. The van der Waals surface area contributed by atoms with Crippen molar-refractivity contribution in [3.63, 3.8) is 0 Å². The molecule has 4 aromatic rings. The van der Waals surface area contributed by atoms with Gasteiger partial charge in [0.25, 0.3) is 0 Å². The Kier molecular flexibility index (Phi) is 5.54. The van der Waals surface area contributed by atoms with Gasteiger partial charge in [-0.1, -0.05) is 29.8 Å². The number of hydrogen-bond acceptors (Lipinski definition) is 5. The summed E-state index contributed by atoms with van der Waals surface area (Å²) < 4.78 is 11.1. The first-order valence-corrected chi connectivity index (χ1v) is 9.23. The second kappa shape index (κ2) is 8.58. The number of benzene rings is 2. The van der Waals surface area contributed by atoms with E-state index in [1.54, 1.807) is 36.4 Å². The summed E-state index contributed by atoms with van der Waals surface area (Å²) in [5, 5.41) is 3.41. The Morgan fingerprint density at radius 2 is 1.83 bits per heavy atom. The normalized spacial score (nSPS) is 10.5. The zero-order valence-corrected chi connectivity index (χ0v) is 16.0. The van der Waals surface area contributed by atoms with E-state index in [1.807, 2.05) is 30.3 Å². The summed E-state index contributed by atoms with van der Waals surface area (Å²) in [6.45, 7) is 0. The molecule has 0 fully saturated rings.